The minimum atomic E-state index is -0.158. The molecule has 2 amide bonds. The van der Waals surface area contributed by atoms with Crippen LogP contribution < -0.4 is 15.4 Å². The smallest absolute Gasteiger partial charge is 0.243 e. The van der Waals surface area contributed by atoms with Crippen molar-refractivity contribution >= 4 is 23.2 Å². The van der Waals surface area contributed by atoms with Crippen LogP contribution in [0.5, 0.6) is 5.75 Å². The molecule has 2 aromatic rings. The van der Waals surface area contributed by atoms with Crippen LogP contribution in [0.4, 0.5) is 11.4 Å². The maximum atomic E-state index is 12.2. The number of hydrogen-bond acceptors (Lipinski definition) is 4. The van der Waals surface area contributed by atoms with E-state index >= 15 is 0 Å². The summed E-state index contributed by atoms with van der Waals surface area (Å²) in [6.45, 7) is 4.15. The number of aryl methyl sites for hydroxylation is 1. The van der Waals surface area contributed by atoms with Crippen molar-refractivity contribution in [2.75, 3.05) is 37.9 Å². The molecule has 2 rings (SSSR count). The SMILES string of the molecule is C=CCOc1ccccc1NCC(=O)Nc1ccc(CCC(=O)N(C)C)cc1. The van der Waals surface area contributed by atoms with E-state index in [4.69, 9.17) is 4.74 Å². The molecule has 0 unspecified atom stereocenters. The Bertz CT molecular complexity index is 801. The van der Waals surface area contributed by atoms with Crippen LogP contribution in [0.2, 0.25) is 0 Å². The Kier molecular flexibility index (Phi) is 8.09. The van der Waals surface area contributed by atoms with Gasteiger partial charge in [-0.1, -0.05) is 36.9 Å². The zero-order chi connectivity index (χ0) is 20.4. The third kappa shape index (κ3) is 6.79. The number of anilines is 2. The Hall–Kier alpha value is -3.28. The summed E-state index contributed by atoms with van der Waals surface area (Å²) in [6.07, 6.45) is 2.81. The molecule has 0 aliphatic rings. The summed E-state index contributed by atoms with van der Waals surface area (Å²) in [5.74, 6) is 0.613. The molecule has 6 heteroatoms. The van der Waals surface area contributed by atoms with E-state index in [9.17, 15) is 9.59 Å². The standard InChI is InChI=1S/C22H27N3O3/c1-4-15-28-20-8-6-5-7-19(20)23-16-21(26)24-18-12-9-17(10-13-18)11-14-22(27)25(2)3/h4-10,12-13,23H,1,11,14-16H2,2-3H3,(H,24,26). The summed E-state index contributed by atoms with van der Waals surface area (Å²) < 4.78 is 5.57. The Morgan fingerprint density at radius 2 is 1.82 bits per heavy atom. The molecule has 2 N–H and O–H groups in total. The molecule has 0 heterocycles. The van der Waals surface area contributed by atoms with Gasteiger partial charge < -0.3 is 20.3 Å². The number of nitrogens with one attached hydrogen (secondary N) is 2. The average Bonchev–Trinajstić information content (AvgIpc) is 2.70. The third-order valence-electron chi connectivity index (χ3n) is 4.05. The zero-order valence-electron chi connectivity index (χ0n) is 16.4. The van der Waals surface area contributed by atoms with Gasteiger partial charge in [-0.05, 0) is 36.2 Å². The van der Waals surface area contributed by atoms with Gasteiger partial charge in [-0.2, -0.15) is 0 Å². The van der Waals surface area contributed by atoms with Gasteiger partial charge >= 0.3 is 0 Å². The molecular weight excluding hydrogens is 354 g/mol. The number of para-hydroxylation sites is 2. The Balaban J connectivity index is 1.83. The second-order valence-electron chi connectivity index (χ2n) is 6.48. The second-order valence-corrected chi connectivity index (χ2v) is 6.48. The van der Waals surface area contributed by atoms with Crippen molar-refractivity contribution < 1.29 is 14.3 Å². The van der Waals surface area contributed by atoms with Crippen LogP contribution in [0.25, 0.3) is 0 Å². The highest BCUT2D eigenvalue weighted by molar-refractivity contribution is 5.94. The zero-order valence-corrected chi connectivity index (χ0v) is 16.4. The van der Waals surface area contributed by atoms with E-state index in [-0.39, 0.29) is 18.4 Å². The molecule has 0 aliphatic heterocycles. The number of rotatable bonds is 10. The number of benzene rings is 2. The number of nitrogens with zero attached hydrogens (tertiary/aromatic N) is 1. The van der Waals surface area contributed by atoms with Crippen LogP contribution in [0.15, 0.2) is 61.2 Å². The van der Waals surface area contributed by atoms with Crippen molar-refractivity contribution in [2.24, 2.45) is 0 Å². The summed E-state index contributed by atoms with van der Waals surface area (Å²) in [4.78, 5) is 25.4. The van der Waals surface area contributed by atoms with Crippen LogP contribution in [0.3, 0.4) is 0 Å². The lowest BCUT2D eigenvalue weighted by molar-refractivity contribution is -0.128. The number of hydrogen-bond donors (Lipinski definition) is 2. The molecular formula is C22H27N3O3. The number of carbonyl (C=O) groups excluding carboxylic acids is 2. The Morgan fingerprint density at radius 1 is 1.11 bits per heavy atom. The maximum absolute atomic E-state index is 12.2. The fourth-order valence-electron chi connectivity index (χ4n) is 2.50. The quantitative estimate of drug-likeness (QED) is 0.620. The van der Waals surface area contributed by atoms with Gasteiger partial charge in [-0.15, -0.1) is 0 Å². The Labute approximate surface area is 166 Å². The second kappa shape index (κ2) is 10.8. The topological polar surface area (TPSA) is 70.7 Å². The highest BCUT2D eigenvalue weighted by Gasteiger charge is 2.07. The van der Waals surface area contributed by atoms with E-state index in [0.29, 0.717) is 30.9 Å². The average molecular weight is 381 g/mol. The van der Waals surface area contributed by atoms with Gasteiger partial charge in [0, 0.05) is 26.2 Å². The number of carbonyl (C=O) groups is 2. The largest absolute Gasteiger partial charge is 0.487 e. The summed E-state index contributed by atoms with van der Waals surface area (Å²) in [7, 11) is 3.50. The van der Waals surface area contributed by atoms with Crippen LogP contribution in [0, 0.1) is 0 Å². The molecule has 148 valence electrons. The minimum Gasteiger partial charge on any atom is -0.487 e. The van der Waals surface area contributed by atoms with Gasteiger partial charge in [-0.25, -0.2) is 0 Å². The Morgan fingerprint density at radius 3 is 2.50 bits per heavy atom. The summed E-state index contributed by atoms with van der Waals surface area (Å²) in [6, 6.07) is 15.0. The van der Waals surface area contributed by atoms with E-state index in [1.165, 1.54) is 0 Å². The third-order valence-corrected chi connectivity index (χ3v) is 4.05. The van der Waals surface area contributed by atoms with Gasteiger partial charge in [0.2, 0.25) is 11.8 Å². The lowest BCUT2D eigenvalue weighted by atomic mass is 10.1. The summed E-state index contributed by atoms with van der Waals surface area (Å²) in [5, 5.41) is 5.93. The number of ether oxygens (including phenoxy) is 1. The van der Waals surface area contributed by atoms with Crippen LogP contribution in [0.1, 0.15) is 12.0 Å². The van der Waals surface area contributed by atoms with Gasteiger partial charge in [0.15, 0.2) is 0 Å². The summed E-state index contributed by atoms with van der Waals surface area (Å²) >= 11 is 0. The first-order chi connectivity index (χ1) is 13.5. The lowest BCUT2D eigenvalue weighted by Crippen LogP contribution is -2.22. The molecule has 0 radical (unpaired) electrons. The van der Waals surface area contributed by atoms with Crippen molar-refractivity contribution in [3.8, 4) is 5.75 Å². The van der Waals surface area contributed by atoms with Gasteiger partial charge in [0.1, 0.15) is 12.4 Å². The molecule has 0 saturated heterocycles. The predicted octanol–water partition coefficient (Wildman–Crippen LogP) is 3.32. The highest BCUT2D eigenvalue weighted by atomic mass is 16.5. The molecule has 0 spiro atoms. The van der Waals surface area contributed by atoms with Gasteiger partial charge in [0.25, 0.3) is 0 Å². The van der Waals surface area contributed by atoms with Crippen molar-refractivity contribution in [1.82, 2.24) is 4.90 Å². The molecule has 28 heavy (non-hydrogen) atoms. The fourth-order valence-corrected chi connectivity index (χ4v) is 2.50. The van der Waals surface area contributed by atoms with E-state index in [1.54, 1.807) is 25.1 Å². The minimum absolute atomic E-state index is 0.0980. The molecule has 6 nitrogen and oxygen atoms in total. The van der Waals surface area contributed by atoms with E-state index in [2.05, 4.69) is 17.2 Å². The fraction of sp³-hybridized carbons (Fsp3) is 0.273. The van der Waals surface area contributed by atoms with Crippen LogP contribution in [-0.4, -0.2) is 44.0 Å². The lowest BCUT2D eigenvalue weighted by Gasteiger charge is -2.12. The van der Waals surface area contributed by atoms with E-state index in [0.717, 1.165) is 11.3 Å². The summed E-state index contributed by atoms with van der Waals surface area (Å²) in [5.41, 5.74) is 2.52. The first kappa shape index (κ1) is 21.0. The van der Waals surface area contributed by atoms with Crippen molar-refractivity contribution in [3.63, 3.8) is 0 Å². The monoisotopic (exact) mass is 381 g/mol. The van der Waals surface area contributed by atoms with E-state index < -0.39 is 0 Å². The molecule has 0 fully saturated rings. The van der Waals surface area contributed by atoms with Crippen molar-refractivity contribution in [3.05, 3.63) is 66.7 Å². The van der Waals surface area contributed by atoms with Gasteiger partial charge in [0.05, 0.1) is 12.2 Å². The molecule has 0 saturated carbocycles. The molecule has 0 atom stereocenters. The highest BCUT2D eigenvalue weighted by Crippen LogP contribution is 2.23. The first-order valence-electron chi connectivity index (χ1n) is 9.15. The van der Waals surface area contributed by atoms with Crippen LogP contribution >= 0.6 is 0 Å². The first-order valence-corrected chi connectivity index (χ1v) is 9.15. The maximum Gasteiger partial charge on any atom is 0.243 e. The molecule has 0 aliphatic carbocycles. The van der Waals surface area contributed by atoms with Gasteiger partial charge in [-0.3, -0.25) is 9.59 Å². The molecule has 0 aromatic heterocycles. The van der Waals surface area contributed by atoms with Crippen molar-refractivity contribution in [1.29, 1.82) is 0 Å². The molecule has 2 aromatic carbocycles. The number of amides is 2. The van der Waals surface area contributed by atoms with Crippen LogP contribution in [-0.2, 0) is 16.0 Å². The normalized spacial score (nSPS) is 10.1. The van der Waals surface area contributed by atoms with Crippen molar-refractivity contribution in [2.45, 2.75) is 12.8 Å². The predicted molar refractivity (Wildman–Crippen MR) is 113 cm³/mol. The van der Waals surface area contributed by atoms with E-state index in [1.807, 2.05) is 48.5 Å². The molecule has 0 bridgehead atoms.